The van der Waals surface area contributed by atoms with Crippen molar-refractivity contribution in [3.8, 4) is 68.6 Å². The molecule has 12 nitrogen and oxygen atoms in total. The van der Waals surface area contributed by atoms with E-state index in [9.17, 15) is 46.0 Å². The first-order valence-corrected chi connectivity index (χ1v) is 15.4. The van der Waals surface area contributed by atoms with Gasteiger partial charge in [0.25, 0.3) is 0 Å². The van der Waals surface area contributed by atoms with Crippen LogP contribution in [0.4, 0.5) is 0 Å². The van der Waals surface area contributed by atoms with Crippen LogP contribution in [0.1, 0.15) is 40.0 Å². The molecule has 0 radical (unpaired) electrons. The molecule has 0 amide bonds. The van der Waals surface area contributed by atoms with Gasteiger partial charge in [-0.05, 0) is 41.0 Å². The lowest BCUT2D eigenvalue weighted by atomic mass is 9.87. The van der Waals surface area contributed by atoms with E-state index in [0.717, 1.165) is 17.7 Å². The number of aliphatic hydroxyl groups excluding tert-OH is 1. The topological polar surface area (TPSA) is 210 Å². The minimum atomic E-state index is -1.23. The van der Waals surface area contributed by atoms with Crippen molar-refractivity contribution < 1.29 is 60.2 Å². The van der Waals surface area contributed by atoms with E-state index in [0.29, 0.717) is 5.56 Å². The van der Waals surface area contributed by atoms with E-state index >= 15 is 0 Å². The van der Waals surface area contributed by atoms with Crippen LogP contribution in [-0.4, -0.2) is 58.2 Å². The lowest BCUT2D eigenvalue weighted by molar-refractivity contribution is -0.0464. The Balaban J connectivity index is 1.37. The summed E-state index contributed by atoms with van der Waals surface area (Å²) < 4.78 is 19.0. The van der Waals surface area contributed by atoms with E-state index in [-0.39, 0.29) is 81.8 Å². The Morgan fingerprint density at radius 2 is 1.04 bits per heavy atom. The van der Waals surface area contributed by atoms with Gasteiger partial charge in [-0.15, -0.1) is 0 Å². The summed E-state index contributed by atoms with van der Waals surface area (Å²) in [5.74, 6) is -3.49. The number of phenols is 8. The second-order valence-electron chi connectivity index (χ2n) is 12.1. The number of aliphatic hydroxyl groups is 1. The van der Waals surface area contributed by atoms with Gasteiger partial charge in [0, 0.05) is 36.1 Å². The molecule has 7 rings (SSSR count). The fourth-order valence-electron chi connectivity index (χ4n) is 6.45. The lowest BCUT2D eigenvalue weighted by Crippen LogP contribution is -2.33. The Bertz CT molecular complexity index is 2060. The van der Waals surface area contributed by atoms with Crippen molar-refractivity contribution in [1.82, 2.24) is 0 Å². The summed E-state index contributed by atoms with van der Waals surface area (Å²) >= 11 is 0. The van der Waals surface area contributed by atoms with Crippen LogP contribution >= 0.6 is 0 Å². The van der Waals surface area contributed by atoms with E-state index in [1.807, 2.05) is 30.3 Å². The summed E-state index contributed by atoms with van der Waals surface area (Å²) in [6.07, 6.45) is -4.20. The Labute approximate surface area is 279 Å². The maximum absolute atomic E-state index is 11.4. The average molecular weight is 669 g/mol. The Hall–Kier alpha value is -5.98. The summed E-state index contributed by atoms with van der Waals surface area (Å²) in [6.45, 7) is 0.174. The molecule has 0 saturated heterocycles. The fourth-order valence-corrected chi connectivity index (χ4v) is 6.45. The van der Waals surface area contributed by atoms with Gasteiger partial charge in [-0.25, -0.2) is 0 Å². The monoisotopic (exact) mass is 668 g/mol. The summed E-state index contributed by atoms with van der Waals surface area (Å²) in [7, 11) is 0. The van der Waals surface area contributed by atoms with Gasteiger partial charge in [0.1, 0.15) is 46.7 Å². The number of rotatable bonds is 6. The molecule has 5 aromatic rings. The quantitative estimate of drug-likeness (QED) is 0.106. The number of hydrogen-bond donors (Lipinski definition) is 9. The van der Waals surface area contributed by atoms with Gasteiger partial charge in [-0.1, -0.05) is 42.5 Å². The first-order valence-electron chi connectivity index (χ1n) is 15.4. The molecule has 252 valence electrons. The third-order valence-electron chi connectivity index (χ3n) is 8.89. The van der Waals surface area contributed by atoms with Gasteiger partial charge in [0.15, 0.2) is 29.1 Å². The molecule has 0 aliphatic carbocycles. The third kappa shape index (κ3) is 5.66. The molecule has 0 saturated carbocycles. The second kappa shape index (κ2) is 12.2. The molecule has 4 atom stereocenters. The summed E-state index contributed by atoms with van der Waals surface area (Å²) in [5.41, 5.74) is 1.67. The Morgan fingerprint density at radius 3 is 1.59 bits per heavy atom. The molecule has 0 spiro atoms. The van der Waals surface area contributed by atoms with Crippen LogP contribution in [-0.2, 0) is 24.2 Å². The molecule has 49 heavy (non-hydrogen) atoms. The molecular weight excluding hydrogens is 636 g/mol. The van der Waals surface area contributed by atoms with Gasteiger partial charge in [-0.2, -0.15) is 0 Å². The predicted octanol–water partition coefficient (Wildman–Crippen LogP) is 5.30. The maximum atomic E-state index is 11.4. The van der Waals surface area contributed by atoms with Crippen molar-refractivity contribution in [1.29, 1.82) is 0 Å². The van der Waals surface area contributed by atoms with E-state index in [2.05, 4.69) is 0 Å². The standard InChI is InChI=1S/C37H32O12/c38-22-8-6-18(10-26(22)42)34-30(46)12-20-24(40)14-28(44)32(36(20)48-34)33-29(45)15-25(41)21-13-31(47-16-17-4-2-1-3-5-17)35(49-37(21)33)19-7-9-23(39)27(43)11-19/h1-11,14-15,30-31,34-35,38-46H,12-13,16H2. The number of hydrogen-bond acceptors (Lipinski definition) is 12. The minimum Gasteiger partial charge on any atom is -0.507 e. The highest BCUT2D eigenvalue weighted by Crippen LogP contribution is 2.58. The second-order valence-corrected chi connectivity index (χ2v) is 12.1. The molecule has 2 aliphatic rings. The number of fused-ring (bicyclic) bond motifs is 2. The average Bonchev–Trinajstić information content (AvgIpc) is 3.08. The minimum absolute atomic E-state index is 0.0452. The highest BCUT2D eigenvalue weighted by atomic mass is 16.5. The van der Waals surface area contributed by atoms with Crippen LogP contribution in [0.15, 0.2) is 78.9 Å². The van der Waals surface area contributed by atoms with E-state index in [1.54, 1.807) is 0 Å². The number of ether oxygens (including phenoxy) is 3. The predicted molar refractivity (Wildman–Crippen MR) is 173 cm³/mol. The zero-order valence-corrected chi connectivity index (χ0v) is 25.7. The van der Waals surface area contributed by atoms with Crippen LogP contribution < -0.4 is 9.47 Å². The molecule has 0 bridgehead atoms. The maximum Gasteiger partial charge on any atom is 0.157 e. The molecular formula is C37H32O12. The van der Waals surface area contributed by atoms with Crippen molar-refractivity contribution in [2.45, 2.75) is 43.9 Å². The third-order valence-corrected chi connectivity index (χ3v) is 8.89. The first kappa shape index (κ1) is 31.6. The van der Waals surface area contributed by atoms with Crippen LogP contribution in [0.2, 0.25) is 0 Å². The number of benzene rings is 5. The zero-order chi connectivity index (χ0) is 34.6. The number of aromatic hydroxyl groups is 8. The van der Waals surface area contributed by atoms with Crippen molar-refractivity contribution in [3.63, 3.8) is 0 Å². The van der Waals surface area contributed by atoms with Crippen molar-refractivity contribution in [2.24, 2.45) is 0 Å². The van der Waals surface area contributed by atoms with E-state index in [1.165, 1.54) is 36.4 Å². The van der Waals surface area contributed by atoms with Gasteiger partial charge >= 0.3 is 0 Å². The SMILES string of the molecule is Oc1ccc(C2Oc3c(c(O)cc(O)c3-c3c(O)cc(O)c4c3OC(c3ccc(O)c(O)c3)C(OCc3ccccc3)C4)CC2O)cc1O. The molecule has 2 heterocycles. The van der Waals surface area contributed by atoms with Gasteiger partial charge in [0.05, 0.1) is 23.8 Å². The normalized spacial score (nSPS) is 19.7. The molecule has 12 heteroatoms. The smallest absolute Gasteiger partial charge is 0.157 e. The Kier molecular flexibility index (Phi) is 7.89. The molecule has 0 aromatic heterocycles. The van der Waals surface area contributed by atoms with Crippen LogP contribution in [0.5, 0.6) is 57.5 Å². The van der Waals surface area contributed by atoms with Crippen molar-refractivity contribution >= 4 is 0 Å². The summed E-state index contributed by atoms with van der Waals surface area (Å²) in [5, 5.41) is 96.0. The molecule has 4 unspecified atom stereocenters. The van der Waals surface area contributed by atoms with Crippen LogP contribution in [0, 0.1) is 0 Å². The largest absolute Gasteiger partial charge is 0.507 e. The van der Waals surface area contributed by atoms with E-state index in [4.69, 9.17) is 14.2 Å². The summed E-state index contributed by atoms with van der Waals surface area (Å²) in [4.78, 5) is 0. The molecule has 2 aliphatic heterocycles. The van der Waals surface area contributed by atoms with Gasteiger partial charge < -0.3 is 60.2 Å². The van der Waals surface area contributed by atoms with Crippen LogP contribution in [0.25, 0.3) is 11.1 Å². The van der Waals surface area contributed by atoms with Gasteiger partial charge in [0.2, 0.25) is 0 Å². The Morgan fingerprint density at radius 1 is 0.531 bits per heavy atom. The van der Waals surface area contributed by atoms with Crippen molar-refractivity contribution in [3.05, 3.63) is 107 Å². The van der Waals surface area contributed by atoms with Gasteiger partial charge in [-0.3, -0.25) is 0 Å². The van der Waals surface area contributed by atoms with E-state index < -0.39 is 47.4 Å². The molecule has 5 aromatic carbocycles. The fraction of sp³-hybridized carbons (Fsp3) is 0.189. The highest BCUT2D eigenvalue weighted by Gasteiger charge is 2.41. The number of phenolic OH excluding ortho intramolecular Hbond substituents is 8. The molecule has 0 fully saturated rings. The highest BCUT2D eigenvalue weighted by molar-refractivity contribution is 5.89. The van der Waals surface area contributed by atoms with Crippen LogP contribution in [0.3, 0.4) is 0 Å². The lowest BCUT2D eigenvalue weighted by Gasteiger charge is -2.37. The molecule has 9 N–H and O–H groups in total. The first-order chi connectivity index (χ1) is 23.5. The summed E-state index contributed by atoms with van der Waals surface area (Å²) in [6, 6.07) is 19.5. The zero-order valence-electron chi connectivity index (χ0n) is 25.7. The van der Waals surface area contributed by atoms with Crippen molar-refractivity contribution in [2.75, 3.05) is 0 Å².